The molecule has 2 aromatic rings. The number of hydrogen-bond acceptors (Lipinski definition) is 3. The van der Waals surface area contributed by atoms with Gasteiger partial charge in [0.2, 0.25) is 0 Å². The summed E-state index contributed by atoms with van der Waals surface area (Å²) in [6.45, 7) is 1.50. The average molecular weight is 270 g/mol. The van der Waals surface area contributed by atoms with Crippen LogP contribution in [-0.2, 0) is 16.1 Å². The van der Waals surface area contributed by atoms with Gasteiger partial charge in [-0.05, 0) is 18.2 Å². The summed E-state index contributed by atoms with van der Waals surface area (Å²) >= 11 is 11.9. The Morgan fingerprint density at radius 3 is 2.82 bits per heavy atom. The molecule has 0 saturated heterocycles. The van der Waals surface area contributed by atoms with Gasteiger partial charge in [0.05, 0.1) is 10.5 Å². The molecular weight excluding hydrogens is 261 g/mol. The lowest BCUT2D eigenvalue weighted by Crippen LogP contribution is -1.99. The van der Waals surface area contributed by atoms with E-state index >= 15 is 0 Å². The van der Waals surface area contributed by atoms with Crippen LogP contribution in [0, 0.1) is 0 Å². The summed E-state index contributed by atoms with van der Waals surface area (Å²) in [5, 5.41) is 1.94. The van der Waals surface area contributed by atoms with Crippen LogP contribution in [0.25, 0.3) is 10.9 Å². The van der Waals surface area contributed by atoms with E-state index in [2.05, 4.69) is 4.98 Å². The van der Waals surface area contributed by atoms with Crippen LogP contribution in [0.15, 0.2) is 24.4 Å². The number of esters is 1. The van der Waals surface area contributed by atoms with Crippen molar-refractivity contribution >= 4 is 40.1 Å². The van der Waals surface area contributed by atoms with Gasteiger partial charge in [0.15, 0.2) is 0 Å². The van der Waals surface area contributed by atoms with Crippen molar-refractivity contribution in [3.63, 3.8) is 0 Å². The van der Waals surface area contributed by atoms with Gasteiger partial charge in [-0.3, -0.25) is 9.78 Å². The Morgan fingerprint density at radius 2 is 2.12 bits per heavy atom. The Bertz CT molecular complexity index is 584. The minimum absolute atomic E-state index is 0.149. The summed E-state index contributed by atoms with van der Waals surface area (Å²) in [6.07, 6.45) is 1.56. The van der Waals surface area contributed by atoms with E-state index in [1.807, 2.05) is 6.07 Å². The maximum absolute atomic E-state index is 10.7. The van der Waals surface area contributed by atoms with Crippen LogP contribution in [0.2, 0.25) is 10.0 Å². The molecule has 0 bridgehead atoms. The lowest BCUT2D eigenvalue weighted by atomic mass is 10.1. The van der Waals surface area contributed by atoms with Gasteiger partial charge < -0.3 is 4.74 Å². The number of hydrogen-bond donors (Lipinski definition) is 0. The SMILES string of the molecule is CC(=O)OCc1cc2cc(Cl)cnc2cc1Cl. The molecule has 0 amide bonds. The first-order valence-corrected chi connectivity index (χ1v) is 5.69. The zero-order chi connectivity index (χ0) is 12.4. The monoisotopic (exact) mass is 269 g/mol. The zero-order valence-electron chi connectivity index (χ0n) is 9.04. The summed E-state index contributed by atoms with van der Waals surface area (Å²) in [4.78, 5) is 14.9. The molecule has 3 nitrogen and oxygen atoms in total. The Balaban J connectivity index is 2.42. The number of rotatable bonds is 2. The third-order valence-corrected chi connectivity index (χ3v) is 2.81. The topological polar surface area (TPSA) is 39.2 Å². The van der Waals surface area contributed by atoms with Crippen molar-refractivity contribution in [2.75, 3.05) is 0 Å². The van der Waals surface area contributed by atoms with E-state index in [1.165, 1.54) is 6.92 Å². The molecule has 1 aromatic heterocycles. The first-order chi connectivity index (χ1) is 8.06. The van der Waals surface area contributed by atoms with Crippen molar-refractivity contribution in [3.05, 3.63) is 40.0 Å². The molecule has 0 unspecified atom stereocenters. The number of nitrogens with zero attached hydrogens (tertiary/aromatic N) is 1. The summed E-state index contributed by atoms with van der Waals surface area (Å²) in [6, 6.07) is 5.34. The van der Waals surface area contributed by atoms with Gasteiger partial charge in [0.1, 0.15) is 6.61 Å². The highest BCUT2D eigenvalue weighted by molar-refractivity contribution is 6.32. The number of pyridine rings is 1. The van der Waals surface area contributed by atoms with Gasteiger partial charge in [-0.15, -0.1) is 0 Å². The number of carbonyl (C=O) groups excluding carboxylic acids is 1. The molecule has 0 aliphatic rings. The van der Waals surface area contributed by atoms with Crippen molar-refractivity contribution in [1.29, 1.82) is 0 Å². The largest absolute Gasteiger partial charge is 0.461 e. The summed E-state index contributed by atoms with van der Waals surface area (Å²) in [5.74, 6) is -0.342. The fraction of sp³-hybridized carbons (Fsp3) is 0.167. The molecule has 0 aliphatic heterocycles. The standard InChI is InChI=1S/C12H9Cl2NO2/c1-7(16)17-6-9-2-8-3-10(13)5-15-12(8)4-11(9)14/h2-5H,6H2,1H3. The molecule has 0 N–H and O–H groups in total. The number of benzene rings is 1. The second-order valence-electron chi connectivity index (χ2n) is 3.57. The third kappa shape index (κ3) is 2.87. The van der Waals surface area contributed by atoms with Crippen LogP contribution in [0.1, 0.15) is 12.5 Å². The number of aromatic nitrogens is 1. The Hall–Kier alpha value is -1.32. The van der Waals surface area contributed by atoms with Gasteiger partial charge in [-0.2, -0.15) is 0 Å². The molecule has 5 heteroatoms. The van der Waals surface area contributed by atoms with E-state index in [4.69, 9.17) is 27.9 Å². The average Bonchev–Trinajstić information content (AvgIpc) is 2.26. The molecule has 17 heavy (non-hydrogen) atoms. The van der Waals surface area contributed by atoms with Gasteiger partial charge in [-0.1, -0.05) is 23.2 Å². The van der Waals surface area contributed by atoms with E-state index in [-0.39, 0.29) is 12.6 Å². The quantitative estimate of drug-likeness (QED) is 0.782. The maximum atomic E-state index is 10.7. The molecule has 0 aliphatic carbocycles. The summed E-state index contributed by atoms with van der Waals surface area (Å²) in [7, 11) is 0. The second-order valence-corrected chi connectivity index (χ2v) is 4.41. The van der Waals surface area contributed by atoms with Crippen molar-refractivity contribution in [1.82, 2.24) is 4.98 Å². The van der Waals surface area contributed by atoms with E-state index in [1.54, 1.807) is 18.3 Å². The lowest BCUT2D eigenvalue weighted by molar-refractivity contribution is -0.142. The first-order valence-electron chi connectivity index (χ1n) is 4.93. The van der Waals surface area contributed by atoms with Crippen LogP contribution in [0.3, 0.4) is 0 Å². The normalized spacial score (nSPS) is 10.5. The summed E-state index contributed by atoms with van der Waals surface area (Å²) < 4.78 is 4.91. The van der Waals surface area contributed by atoms with Crippen LogP contribution in [0.5, 0.6) is 0 Å². The van der Waals surface area contributed by atoms with Crippen molar-refractivity contribution in [2.45, 2.75) is 13.5 Å². The van der Waals surface area contributed by atoms with Crippen molar-refractivity contribution in [2.24, 2.45) is 0 Å². The fourth-order valence-electron chi connectivity index (χ4n) is 1.46. The highest BCUT2D eigenvalue weighted by atomic mass is 35.5. The highest BCUT2D eigenvalue weighted by Crippen LogP contribution is 2.25. The molecule has 0 fully saturated rings. The molecule has 88 valence electrons. The third-order valence-electron chi connectivity index (χ3n) is 2.25. The molecule has 0 spiro atoms. The Kier molecular flexibility index (Phi) is 3.50. The molecule has 1 aromatic carbocycles. The van der Waals surface area contributed by atoms with Crippen LogP contribution in [-0.4, -0.2) is 11.0 Å². The van der Waals surface area contributed by atoms with Crippen LogP contribution < -0.4 is 0 Å². The molecule has 2 rings (SSSR count). The number of fused-ring (bicyclic) bond motifs is 1. The van der Waals surface area contributed by atoms with Crippen molar-refractivity contribution < 1.29 is 9.53 Å². The van der Waals surface area contributed by atoms with Gasteiger partial charge in [0, 0.05) is 29.1 Å². The Labute approximate surface area is 108 Å². The fourth-order valence-corrected chi connectivity index (χ4v) is 1.84. The highest BCUT2D eigenvalue weighted by Gasteiger charge is 2.06. The van der Waals surface area contributed by atoms with E-state index in [0.717, 1.165) is 16.5 Å². The van der Waals surface area contributed by atoms with E-state index in [9.17, 15) is 4.79 Å². The number of halogens is 2. The van der Waals surface area contributed by atoms with Gasteiger partial charge in [0.25, 0.3) is 0 Å². The first kappa shape index (κ1) is 12.1. The lowest BCUT2D eigenvalue weighted by Gasteiger charge is -2.06. The van der Waals surface area contributed by atoms with Crippen molar-refractivity contribution in [3.8, 4) is 0 Å². The van der Waals surface area contributed by atoms with E-state index < -0.39 is 0 Å². The number of carbonyl (C=O) groups is 1. The second kappa shape index (κ2) is 4.90. The van der Waals surface area contributed by atoms with Gasteiger partial charge in [-0.25, -0.2) is 0 Å². The minimum Gasteiger partial charge on any atom is -0.461 e. The predicted octanol–water partition coefficient (Wildman–Crippen LogP) is 3.60. The van der Waals surface area contributed by atoms with Crippen LogP contribution in [0.4, 0.5) is 0 Å². The Morgan fingerprint density at radius 1 is 1.35 bits per heavy atom. The zero-order valence-corrected chi connectivity index (χ0v) is 10.5. The molecule has 0 atom stereocenters. The van der Waals surface area contributed by atoms with Crippen LogP contribution >= 0.6 is 23.2 Å². The molecule has 0 radical (unpaired) electrons. The van der Waals surface area contributed by atoms with Gasteiger partial charge >= 0.3 is 5.97 Å². The number of ether oxygens (including phenoxy) is 1. The van der Waals surface area contributed by atoms with E-state index in [0.29, 0.717) is 10.0 Å². The predicted molar refractivity (Wildman–Crippen MR) is 67.2 cm³/mol. The molecule has 1 heterocycles. The summed E-state index contributed by atoms with van der Waals surface area (Å²) in [5.41, 5.74) is 1.49. The smallest absolute Gasteiger partial charge is 0.302 e. The molecular formula is C12H9Cl2NO2. The molecule has 0 saturated carbocycles. The maximum Gasteiger partial charge on any atom is 0.302 e. The minimum atomic E-state index is -0.342.